The topological polar surface area (TPSA) is 83.1 Å². The van der Waals surface area contributed by atoms with Crippen molar-refractivity contribution in [1.29, 1.82) is 5.26 Å². The molecule has 0 aliphatic rings. The SMILES string of the molecule is CN(CCC#N)c1ccc2ncccc2c1[N+](=O)[O-]. The van der Waals surface area contributed by atoms with E-state index in [1.807, 2.05) is 6.07 Å². The van der Waals surface area contributed by atoms with Gasteiger partial charge in [0.05, 0.1) is 28.3 Å². The number of hydrogen-bond donors (Lipinski definition) is 0. The Morgan fingerprint density at radius 2 is 2.26 bits per heavy atom. The molecule has 0 atom stereocenters. The number of fused-ring (bicyclic) bond motifs is 1. The van der Waals surface area contributed by atoms with Crippen molar-refractivity contribution in [3.8, 4) is 6.07 Å². The van der Waals surface area contributed by atoms with Gasteiger partial charge in [0.1, 0.15) is 5.69 Å². The molecule has 0 spiro atoms. The van der Waals surface area contributed by atoms with Gasteiger partial charge >= 0.3 is 5.69 Å². The van der Waals surface area contributed by atoms with Gasteiger partial charge in [-0.3, -0.25) is 15.1 Å². The fourth-order valence-electron chi connectivity index (χ4n) is 1.96. The van der Waals surface area contributed by atoms with Crippen LogP contribution >= 0.6 is 0 Å². The minimum absolute atomic E-state index is 0.0334. The summed E-state index contributed by atoms with van der Waals surface area (Å²) >= 11 is 0. The lowest BCUT2D eigenvalue weighted by Gasteiger charge is -2.18. The van der Waals surface area contributed by atoms with Crippen LogP contribution in [0.4, 0.5) is 11.4 Å². The molecule has 96 valence electrons. The highest BCUT2D eigenvalue weighted by molar-refractivity contribution is 5.94. The Morgan fingerprint density at radius 1 is 1.47 bits per heavy atom. The Labute approximate surface area is 110 Å². The van der Waals surface area contributed by atoms with Crippen molar-refractivity contribution < 1.29 is 4.92 Å². The van der Waals surface area contributed by atoms with Gasteiger partial charge < -0.3 is 4.90 Å². The number of anilines is 1. The van der Waals surface area contributed by atoms with Crippen molar-refractivity contribution in [1.82, 2.24) is 4.98 Å². The predicted molar refractivity (Wildman–Crippen MR) is 71.9 cm³/mol. The van der Waals surface area contributed by atoms with E-state index >= 15 is 0 Å². The maximum Gasteiger partial charge on any atom is 0.301 e. The fraction of sp³-hybridized carbons (Fsp3) is 0.231. The molecule has 0 aliphatic heterocycles. The van der Waals surface area contributed by atoms with Crippen molar-refractivity contribution in [3.05, 3.63) is 40.6 Å². The highest BCUT2D eigenvalue weighted by atomic mass is 16.6. The minimum Gasteiger partial charge on any atom is -0.368 e. The van der Waals surface area contributed by atoms with Gasteiger partial charge in [-0.15, -0.1) is 0 Å². The number of nitriles is 1. The lowest BCUT2D eigenvalue weighted by Crippen LogP contribution is -2.19. The minimum atomic E-state index is -0.401. The molecule has 0 fully saturated rings. The van der Waals surface area contributed by atoms with E-state index in [9.17, 15) is 10.1 Å². The number of aromatic nitrogens is 1. The zero-order valence-corrected chi connectivity index (χ0v) is 10.4. The van der Waals surface area contributed by atoms with Gasteiger partial charge in [-0.1, -0.05) is 0 Å². The Morgan fingerprint density at radius 3 is 2.95 bits per heavy atom. The Balaban J connectivity index is 2.58. The molecule has 19 heavy (non-hydrogen) atoms. The Kier molecular flexibility index (Phi) is 3.57. The number of rotatable bonds is 4. The van der Waals surface area contributed by atoms with Crippen LogP contribution < -0.4 is 4.90 Å². The third-order valence-electron chi connectivity index (χ3n) is 2.89. The summed E-state index contributed by atoms with van der Waals surface area (Å²) in [5, 5.41) is 20.4. The molecule has 1 heterocycles. The van der Waals surface area contributed by atoms with Gasteiger partial charge in [0.15, 0.2) is 0 Å². The van der Waals surface area contributed by atoms with E-state index in [1.54, 1.807) is 42.4 Å². The van der Waals surface area contributed by atoms with Crippen molar-refractivity contribution >= 4 is 22.3 Å². The maximum absolute atomic E-state index is 11.3. The second kappa shape index (κ2) is 5.31. The molecule has 0 radical (unpaired) electrons. The molecule has 1 aromatic carbocycles. The van der Waals surface area contributed by atoms with Crippen molar-refractivity contribution in [2.45, 2.75) is 6.42 Å². The molecule has 6 nitrogen and oxygen atoms in total. The van der Waals surface area contributed by atoms with E-state index < -0.39 is 4.92 Å². The van der Waals surface area contributed by atoms with Gasteiger partial charge in [0.2, 0.25) is 0 Å². The molecule has 0 aliphatic carbocycles. The van der Waals surface area contributed by atoms with Gasteiger partial charge in [0.25, 0.3) is 0 Å². The summed E-state index contributed by atoms with van der Waals surface area (Å²) < 4.78 is 0. The van der Waals surface area contributed by atoms with Crippen molar-refractivity contribution in [3.63, 3.8) is 0 Å². The van der Waals surface area contributed by atoms with Crippen LogP contribution in [0.3, 0.4) is 0 Å². The molecule has 0 amide bonds. The molecular weight excluding hydrogens is 244 g/mol. The molecular formula is C13H12N4O2. The van der Waals surface area contributed by atoms with Gasteiger partial charge in [-0.05, 0) is 24.3 Å². The quantitative estimate of drug-likeness (QED) is 0.620. The van der Waals surface area contributed by atoms with Gasteiger partial charge in [-0.2, -0.15) is 5.26 Å². The van der Waals surface area contributed by atoms with Crippen molar-refractivity contribution in [2.24, 2.45) is 0 Å². The zero-order chi connectivity index (χ0) is 13.8. The summed E-state index contributed by atoms with van der Waals surface area (Å²) in [5.74, 6) is 0. The monoisotopic (exact) mass is 256 g/mol. The third kappa shape index (κ3) is 2.45. The molecule has 0 saturated carbocycles. The van der Waals surface area contributed by atoms with Crippen LogP contribution in [0.2, 0.25) is 0 Å². The van der Waals surface area contributed by atoms with E-state index in [4.69, 9.17) is 5.26 Å². The van der Waals surface area contributed by atoms with Crippen LogP contribution in [0.25, 0.3) is 10.9 Å². The van der Waals surface area contributed by atoms with E-state index in [0.29, 0.717) is 29.6 Å². The smallest absolute Gasteiger partial charge is 0.301 e. The second-order valence-corrected chi connectivity index (χ2v) is 4.09. The summed E-state index contributed by atoms with van der Waals surface area (Å²) in [5.41, 5.74) is 1.12. The number of hydrogen-bond acceptors (Lipinski definition) is 5. The molecule has 0 saturated heterocycles. The van der Waals surface area contributed by atoms with Gasteiger partial charge in [-0.25, -0.2) is 0 Å². The Bertz CT molecular complexity index is 663. The summed E-state index contributed by atoms with van der Waals surface area (Å²) in [6, 6.07) is 8.81. The average Bonchev–Trinajstić information content (AvgIpc) is 2.43. The number of nitro benzene ring substituents is 1. The normalized spacial score (nSPS) is 10.1. The van der Waals surface area contributed by atoms with Crippen molar-refractivity contribution in [2.75, 3.05) is 18.5 Å². The van der Waals surface area contributed by atoms with E-state index in [0.717, 1.165) is 0 Å². The highest BCUT2D eigenvalue weighted by Crippen LogP contribution is 2.34. The first-order valence-electron chi connectivity index (χ1n) is 5.75. The Hall–Kier alpha value is -2.68. The number of benzene rings is 1. The van der Waals surface area contributed by atoms with Crippen LogP contribution in [0.1, 0.15) is 6.42 Å². The molecule has 6 heteroatoms. The summed E-state index contributed by atoms with van der Waals surface area (Å²) in [6.07, 6.45) is 1.92. The first-order valence-corrected chi connectivity index (χ1v) is 5.75. The van der Waals surface area contributed by atoms with E-state index in [-0.39, 0.29) is 5.69 Å². The number of nitrogens with zero attached hydrogens (tertiary/aromatic N) is 4. The van der Waals surface area contributed by atoms with E-state index in [1.165, 1.54) is 0 Å². The standard InChI is InChI=1S/C13H12N4O2/c1-16(9-3-7-14)12-6-5-11-10(4-2-8-15-11)13(12)17(18)19/h2,4-6,8H,3,9H2,1H3. The number of nitro groups is 1. The molecule has 0 bridgehead atoms. The maximum atomic E-state index is 11.3. The number of pyridine rings is 1. The van der Waals surface area contributed by atoms with E-state index in [2.05, 4.69) is 4.98 Å². The molecule has 2 rings (SSSR count). The fourth-order valence-corrected chi connectivity index (χ4v) is 1.96. The van der Waals surface area contributed by atoms with Crippen LogP contribution in [0, 0.1) is 21.4 Å². The van der Waals surface area contributed by atoms with Crippen LogP contribution in [0.15, 0.2) is 30.5 Å². The lowest BCUT2D eigenvalue weighted by atomic mass is 10.1. The molecule has 2 aromatic rings. The first-order chi connectivity index (χ1) is 9.15. The lowest BCUT2D eigenvalue weighted by molar-refractivity contribution is -0.382. The van der Waals surface area contributed by atoms with Crippen LogP contribution in [-0.4, -0.2) is 23.5 Å². The second-order valence-electron chi connectivity index (χ2n) is 4.09. The first kappa shape index (κ1) is 12.8. The average molecular weight is 256 g/mol. The summed E-state index contributed by atoms with van der Waals surface area (Å²) in [4.78, 5) is 16.7. The summed E-state index contributed by atoms with van der Waals surface area (Å²) in [6.45, 7) is 0.448. The predicted octanol–water partition coefficient (Wildman–Crippen LogP) is 2.49. The third-order valence-corrected chi connectivity index (χ3v) is 2.89. The summed E-state index contributed by atoms with van der Waals surface area (Å²) in [7, 11) is 1.74. The highest BCUT2D eigenvalue weighted by Gasteiger charge is 2.21. The largest absolute Gasteiger partial charge is 0.368 e. The molecule has 1 aromatic heterocycles. The van der Waals surface area contributed by atoms with Gasteiger partial charge in [0, 0.05) is 19.8 Å². The van der Waals surface area contributed by atoms with Crippen LogP contribution in [0.5, 0.6) is 0 Å². The molecule has 0 N–H and O–H groups in total. The zero-order valence-electron chi connectivity index (χ0n) is 10.4. The van der Waals surface area contributed by atoms with Crippen LogP contribution in [-0.2, 0) is 0 Å². The molecule has 0 unspecified atom stereocenters.